The predicted octanol–water partition coefficient (Wildman–Crippen LogP) is 9.83. The van der Waals surface area contributed by atoms with Crippen LogP contribution in [0.5, 0.6) is 11.5 Å². The van der Waals surface area contributed by atoms with Crippen molar-refractivity contribution >= 4 is 11.9 Å². The lowest BCUT2D eigenvalue weighted by Crippen LogP contribution is -2.15. The Bertz CT molecular complexity index is 1170. The molecule has 1 atom stereocenters. The number of carbonyl (C=O) groups is 2. The monoisotopic (exact) mass is 558 g/mol. The van der Waals surface area contributed by atoms with Crippen LogP contribution in [0, 0.1) is 0 Å². The Hall–Kier alpha value is -3.60. The first-order chi connectivity index (χ1) is 20.0. The minimum absolute atomic E-state index is 0.0875. The van der Waals surface area contributed by atoms with Crippen LogP contribution in [-0.4, -0.2) is 24.6 Å². The second-order valence-corrected chi connectivity index (χ2v) is 10.7. The Kier molecular flexibility index (Phi) is 14.0. The lowest BCUT2D eigenvalue weighted by molar-refractivity contribution is 0.0319. The maximum Gasteiger partial charge on any atom is 0.343 e. The van der Waals surface area contributed by atoms with Crippen LogP contribution in [0.4, 0.5) is 0 Å². The van der Waals surface area contributed by atoms with E-state index in [0.29, 0.717) is 23.5 Å². The van der Waals surface area contributed by atoms with Crippen molar-refractivity contribution in [3.63, 3.8) is 0 Å². The van der Waals surface area contributed by atoms with Gasteiger partial charge in [-0.1, -0.05) is 89.5 Å². The number of hydrogen-bond donors (Lipinski definition) is 0. The molecule has 0 bridgehead atoms. The Labute approximate surface area is 246 Å². The summed E-state index contributed by atoms with van der Waals surface area (Å²) in [5.41, 5.74) is 2.93. The Morgan fingerprint density at radius 2 is 1.07 bits per heavy atom. The molecule has 0 aromatic heterocycles. The lowest BCUT2D eigenvalue weighted by atomic mass is 10.0. The van der Waals surface area contributed by atoms with Crippen LogP contribution in [0.25, 0.3) is 11.1 Å². The maximum absolute atomic E-state index is 12.6. The standard InChI is InChI=1S/C36H46O5/c1-4-6-8-10-11-13-27-39-33-23-21-32(22-24-33)36(38)41-34-25-19-30(20-26-34)29-15-17-31(18-16-29)35(37)40-28(3)14-12-9-7-5-2/h15-26,28H,4-14,27H2,1-3H3. The average Bonchev–Trinajstić information content (AvgIpc) is 2.99. The molecule has 3 rings (SSSR count). The number of rotatable bonds is 18. The van der Waals surface area contributed by atoms with Crippen LogP contribution in [0.2, 0.25) is 0 Å². The van der Waals surface area contributed by atoms with Gasteiger partial charge >= 0.3 is 11.9 Å². The third-order valence-electron chi connectivity index (χ3n) is 7.15. The highest BCUT2D eigenvalue weighted by Gasteiger charge is 2.13. The van der Waals surface area contributed by atoms with E-state index in [1.807, 2.05) is 43.3 Å². The number of benzene rings is 3. The van der Waals surface area contributed by atoms with Crippen LogP contribution in [0.1, 0.15) is 112 Å². The number of esters is 2. The Morgan fingerprint density at radius 3 is 1.71 bits per heavy atom. The predicted molar refractivity (Wildman–Crippen MR) is 166 cm³/mol. The van der Waals surface area contributed by atoms with E-state index in [1.165, 1.54) is 51.4 Å². The summed E-state index contributed by atoms with van der Waals surface area (Å²) in [5.74, 6) is 0.521. The van der Waals surface area contributed by atoms with Gasteiger partial charge in [0.05, 0.1) is 23.8 Å². The number of unbranched alkanes of at least 4 members (excludes halogenated alkanes) is 8. The molecule has 0 heterocycles. The van der Waals surface area contributed by atoms with Crippen molar-refractivity contribution in [3.8, 4) is 22.6 Å². The van der Waals surface area contributed by atoms with E-state index in [0.717, 1.165) is 36.1 Å². The van der Waals surface area contributed by atoms with Crippen LogP contribution >= 0.6 is 0 Å². The molecule has 0 spiro atoms. The highest BCUT2D eigenvalue weighted by Crippen LogP contribution is 2.24. The minimum Gasteiger partial charge on any atom is -0.494 e. The van der Waals surface area contributed by atoms with Gasteiger partial charge in [-0.2, -0.15) is 0 Å². The zero-order valence-electron chi connectivity index (χ0n) is 25.0. The molecule has 0 aliphatic carbocycles. The SMILES string of the molecule is CCCCCCCCOc1ccc(C(=O)Oc2ccc(-c3ccc(C(=O)OC(C)CCCCCC)cc3)cc2)cc1. The van der Waals surface area contributed by atoms with Gasteiger partial charge in [0.2, 0.25) is 0 Å². The van der Waals surface area contributed by atoms with Crippen molar-refractivity contribution in [2.24, 2.45) is 0 Å². The molecule has 0 radical (unpaired) electrons. The third kappa shape index (κ3) is 11.4. The van der Waals surface area contributed by atoms with Crippen molar-refractivity contribution < 1.29 is 23.8 Å². The molecule has 0 fully saturated rings. The molecule has 220 valence electrons. The quantitative estimate of drug-likeness (QED) is 0.0883. The molecule has 5 nitrogen and oxygen atoms in total. The van der Waals surface area contributed by atoms with E-state index in [9.17, 15) is 9.59 Å². The molecular weight excluding hydrogens is 512 g/mol. The van der Waals surface area contributed by atoms with E-state index >= 15 is 0 Å². The van der Waals surface area contributed by atoms with E-state index in [2.05, 4.69) is 13.8 Å². The Balaban J connectivity index is 1.44. The molecule has 0 aliphatic rings. The zero-order chi connectivity index (χ0) is 29.3. The van der Waals surface area contributed by atoms with Gasteiger partial charge in [-0.05, 0) is 85.8 Å². The van der Waals surface area contributed by atoms with Crippen molar-refractivity contribution in [2.45, 2.75) is 97.5 Å². The van der Waals surface area contributed by atoms with Gasteiger partial charge in [0.25, 0.3) is 0 Å². The second-order valence-electron chi connectivity index (χ2n) is 10.7. The number of hydrogen-bond acceptors (Lipinski definition) is 5. The summed E-state index contributed by atoms with van der Waals surface area (Å²) >= 11 is 0. The normalized spacial score (nSPS) is 11.6. The van der Waals surface area contributed by atoms with Crippen molar-refractivity contribution in [2.75, 3.05) is 6.61 Å². The average molecular weight is 559 g/mol. The summed E-state index contributed by atoms with van der Waals surface area (Å²) in [6, 6.07) is 21.8. The van der Waals surface area contributed by atoms with Gasteiger partial charge in [-0.3, -0.25) is 0 Å². The van der Waals surface area contributed by atoms with Gasteiger partial charge in [-0.25, -0.2) is 9.59 Å². The molecular formula is C36H46O5. The summed E-state index contributed by atoms with van der Waals surface area (Å²) in [5, 5.41) is 0. The lowest BCUT2D eigenvalue weighted by Gasteiger charge is -2.13. The van der Waals surface area contributed by atoms with Gasteiger partial charge < -0.3 is 14.2 Å². The topological polar surface area (TPSA) is 61.8 Å². The van der Waals surface area contributed by atoms with Crippen LogP contribution in [0.15, 0.2) is 72.8 Å². The summed E-state index contributed by atoms with van der Waals surface area (Å²) in [4.78, 5) is 25.1. The fraction of sp³-hybridized carbons (Fsp3) is 0.444. The first-order valence-electron chi connectivity index (χ1n) is 15.4. The van der Waals surface area contributed by atoms with Gasteiger partial charge in [-0.15, -0.1) is 0 Å². The highest BCUT2D eigenvalue weighted by molar-refractivity contribution is 5.91. The molecule has 0 amide bonds. The van der Waals surface area contributed by atoms with Gasteiger partial charge in [0.1, 0.15) is 11.5 Å². The van der Waals surface area contributed by atoms with E-state index in [1.54, 1.807) is 36.4 Å². The van der Waals surface area contributed by atoms with Gasteiger partial charge in [0, 0.05) is 0 Å². The summed E-state index contributed by atoms with van der Waals surface area (Å²) < 4.78 is 17.0. The zero-order valence-corrected chi connectivity index (χ0v) is 25.0. The Morgan fingerprint density at radius 1 is 0.585 bits per heavy atom. The molecule has 3 aromatic rings. The summed E-state index contributed by atoms with van der Waals surface area (Å²) in [6.07, 6.45) is 12.8. The smallest absolute Gasteiger partial charge is 0.343 e. The molecule has 0 saturated heterocycles. The fourth-order valence-corrected chi connectivity index (χ4v) is 4.61. The van der Waals surface area contributed by atoms with Crippen LogP contribution < -0.4 is 9.47 Å². The van der Waals surface area contributed by atoms with E-state index in [4.69, 9.17) is 14.2 Å². The number of ether oxygens (including phenoxy) is 3. The first-order valence-corrected chi connectivity index (χ1v) is 15.4. The molecule has 0 saturated carbocycles. The number of carbonyl (C=O) groups excluding carboxylic acids is 2. The third-order valence-corrected chi connectivity index (χ3v) is 7.15. The largest absolute Gasteiger partial charge is 0.494 e. The second kappa shape index (κ2) is 18.0. The van der Waals surface area contributed by atoms with E-state index in [-0.39, 0.29) is 12.1 Å². The molecule has 1 unspecified atom stereocenters. The fourth-order valence-electron chi connectivity index (χ4n) is 4.61. The van der Waals surface area contributed by atoms with Crippen molar-refractivity contribution in [3.05, 3.63) is 83.9 Å². The minimum atomic E-state index is -0.414. The highest BCUT2D eigenvalue weighted by atomic mass is 16.5. The molecule has 0 aliphatic heterocycles. The van der Waals surface area contributed by atoms with Crippen LogP contribution in [0.3, 0.4) is 0 Å². The molecule has 0 N–H and O–H groups in total. The van der Waals surface area contributed by atoms with Gasteiger partial charge in [0.15, 0.2) is 0 Å². The summed E-state index contributed by atoms with van der Waals surface area (Å²) in [7, 11) is 0. The maximum atomic E-state index is 12.6. The first kappa shape index (κ1) is 31.9. The molecule has 41 heavy (non-hydrogen) atoms. The van der Waals surface area contributed by atoms with Crippen LogP contribution in [-0.2, 0) is 4.74 Å². The van der Waals surface area contributed by atoms with Crippen molar-refractivity contribution in [1.82, 2.24) is 0 Å². The van der Waals surface area contributed by atoms with Crippen molar-refractivity contribution in [1.29, 1.82) is 0 Å². The van der Waals surface area contributed by atoms with E-state index < -0.39 is 5.97 Å². The summed E-state index contributed by atoms with van der Waals surface area (Å²) in [6.45, 7) is 7.05. The molecule has 3 aromatic carbocycles. The molecule has 5 heteroatoms.